The predicted octanol–water partition coefficient (Wildman–Crippen LogP) is 2.85. The summed E-state index contributed by atoms with van der Waals surface area (Å²) in [4.78, 5) is 12.4. The number of hydrogen-bond donors (Lipinski definition) is 2. The van der Waals surface area contributed by atoms with Gasteiger partial charge in [-0.1, -0.05) is 6.07 Å². The van der Waals surface area contributed by atoms with E-state index in [0.717, 1.165) is 5.56 Å². The van der Waals surface area contributed by atoms with Crippen molar-refractivity contribution < 1.29 is 14.3 Å². The van der Waals surface area contributed by atoms with E-state index in [1.165, 1.54) is 7.11 Å². The number of anilines is 2. The molecule has 0 bridgehead atoms. The second-order valence-corrected chi connectivity index (χ2v) is 4.54. The zero-order valence-corrected chi connectivity index (χ0v) is 12.3. The van der Waals surface area contributed by atoms with Crippen molar-refractivity contribution in [2.45, 2.75) is 6.92 Å². The summed E-state index contributed by atoms with van der Waals surface area (Å²) in [5.74, 6) is 0.956. The quantitative estimate of drug-likeness (QED) is 0.848. The lowest BCUT2D eigenvalue weighted by atomic mass is 10.1. The Labute approximate surface area is 123 Å². The Bertz CT molecular complexity index is 669. The van der Waals surface area contributed by atoms with Crippen LogP contribution in [0.5, 0.6) is 11.5 Å². The lowest BCUT2D eigenvalue weighted by molar-refractivity contribution is 0.102. The topological polar surface area (TPSA) is 73.6 Å². The van der Waals surface area contributed by atoms with Crippen LogP contribution >= 0.6 is 0 Å². The van der Waals surface area contributed by atoms with Crippen molar-refractivity contribution in [1.29, 1.82) is 0 Å². The average Bonchev–Trinajstić information content (AvgIpc) is 2.50. The minimum absolute atomic E-state index is 0.233. The summed E-state index contributed by atoms with van der Waals surface area (Å²) >= 11 is 0. The highest BCUT2D eigenvalue weighted by Crippen LogP contribution is 2.29. The van der Waals surface area contributed by atoms with Gasteiger partial charge in [-0.05, 0) is 36.8 Å². The van der Waals surface area contributed by atoms with E-state index < -0.39 is 0 Å². The lowest BCUT2D eigenvalue weighted by Crippen LogP contribution is -2.14. The van der Waals surface area contributed by atoms with Gasteiger partial charge in [-0.15, -0.1) is 0 Å². The summed E-state index contributed by atoms with van der Waals surface area (Å²) in [6.07, 6.45) is 0. The summed E-state index contributed by atoms with van der Waals surface area (Å²) in [5.41, 5.74) is 8.27. The summed E-state index contributed by atoms with van der Waals surface area (Å²) in [5, 5.41) is 2.82. The fraction of sp³-hybridized carbons (Fsp3) is 0.188. The molecule has 0 aliphatic rings. The molecule has 0 saturated heterocycles. The average molecular weight is 286 g/mol. The van der Waals surface area contributed by atoms with Crippen molar-refractivity contribution in [2.24, 2.45) is 0 Å². The number of ether oxygens (including phenoxy) is 2. The highest BCUT2D eigenvalue weighted by Gasteiger charge is 2.13. The van der Waals surface area contributed by atoms with Crippen LogP contribution in [0, 0.1) is 6.92 Å². The first-order chi connectivity index (χ1) is 10.1. The van der Waals surface area contributed by atoms with Crippen molar-refractivity contribution in [2.75, 3.05) is 25.3 Å². The molecule has 0 heterocycles. The fourth-order valence-electron chi connectivity index (χ4n) is 1.99. The van der Waals surface area contributed by atoms with Crippen molar-refractivity contribution in [3.05, 3.63) is 47.5 Å². The van der Waals surface area contributed by atoms with Gasteiger partial charge in [0.25, 0.3) is 5.91 Å². The molecule has 2 aromatic rings. The molecule has 0 radical (unpaired) electrons. The van der Waals surface area contributed by atoms with Gasteiger partial charge in [0.1, 0.15) is 11.5 Å². The van der Waals surface area contributed by atoms with Crippen molar-refractivity contribution in [3.8, 4) is 11.5 Å². The van der Waals surface area contributed by atoms with Crippen LogP contribution in [0.25, 0.3) is 0 Å². The third-order valence-corrected chi connectivity index (χ3v) is 3.28. The van der Waals surface area contributed by atoms with E-state index in [0.29, 0.717) is 28.4 Å². The number of rotatable bonds is 4. The number of amides is 1. The van der Waals surface area contributed by atoms with Gasteiger partial charge >= 0.3 is 0 Å². The van der Waals surface area contributed by atoms with Crippen molar-refractivity contribution in [1.82, 2.24) is 0 Å². The minimum atomic E-state index is -0.233. The molecule has 5 nitrogen and oxygen atoms in total. The lowest BCUT2D eigenvalue weighted by Gasteiger charge is -2.13. The van der Waals surface area contributed by atoms with Crippen LogP contribution in [0.15, 0.2) is 36.4 Å². The molecule has 0 unspecified atom stereocenters. The van der Waals surface area contributed by atoms with E-state index >= 15 is 0 Å². The molecule has 0 fully saturated rings. The van der Waals surface area contributed by atoms with Gasteiger partial charge in [-0.25, -0.2) is 0 Å². The molecular formula is C16H18N2O3. The van der Waals surface area contributed by atoms with Crippen molar-refractivity contribution in [3.63, 3.8) is 0 Å². The second kappa shape index (κ2) is 6.17. The van der Waals surface area contributed by atoms with Crippen LogP contribution < -0.4 is 20.5 Å². The van der Waals surface area contributed by atoms with Gasteiger partial charge in [-0.3, -0.25) is 4.79 Å². The Hall–Kier alpha value is -2.69. The smallest absolute Gasteiger partial charge is 0.256 e. The highest BCUT2D eigenvalue weighted by atomic mass is 16.5. The molecule has 2 rings (SSSR count). The van der Waals surface area contributed by atoms with E-state index in [2.05, 4.69) is 5.32 Å². The summed E-state index contributed by atoms with van der Waals surface area (Å²) in [7, 11) is 3.11. The Morgan fingerprint density at radius 2 is 1.90 bits per heavy atom. The first kappa shape index (κ1) is 14.7. The molecule has 0 atom stereocenters. The minimum Gasteiger partial charge on any atom is -0.497 e. The maximum absolute atomic E-state index is 12.4. The number of nitrogens with two attached hydrogens (primary N) is 1. The van der Waals surface area contributed by atoms with Gasteiger partial charge in [0.05, 0.1) is 19.9 Å². The van der Waals surface area contributed by atoms with Crippen LogP contribution in [-0.2, 0) is 0 Å². The number of nitrogens with one attached hydrogen (secondary N) is 1. The number of methoxy groups -OCH3 is 2. The summed E-state index contributed by atoms with van der Waals surface area (Å²) in [6, 6.07) is 10.4. The van der Waals surface area contributed by atoms with E-state index in [-0.39, 0.29) is 5.91 Å². The third kappa shape index (κ3) is 3.08. The molecule has 3 N–H and O–H groups in total. The van der Waals surface area contributed by atoms with Crippen LogP contribution in [0.1, 0.15) is 15.9 Å². The van der Waals surface area contributed by atoms with E-state index in [9.17, 15) is 4.79 Å². The van der Waals surface area contributed by atoms with Gasteiger partial charge in [0.2, 0.25) is 0 Å². The predicted molar refractivity (Wildman–Crippen MR) is 83.1 cm³/mol. The Morgan fingerprint density at radius 3 is 2.57 bits per heavy atom. The van der Waals surface area contributed by atoms with Crippen LogP contribution in [0.4, 0.5) is 11.4 Å². The number of carbonyl (C=O) groups excluding carboxylic acids is 1. The van der Waals surface area contributed by atoms with Crippen molar-refractivity contribution >= 4 is 17.3 Å². The standard InChI is InChI=1S/C16H18N2O3/c1-10-12(5-4-6-13(10)17)16(19)18-14-8-7-11(20-2)9-15(14)21-3/h4-9H,17H2,1-3H3,(H,18,19). The molecule has 0 aliphatic heterocycles. The normalized spacial score (nSPS) is 10.0. The van der Waals surface area contributed by atoms with Crippen LogP contribution in [0.2, 0.25) is 0 Å². The highest BCUT2D eigenvalue weighted by molar-refractivity contribution is 6.06. The molecule has 0 aliphatic carbocycles. The largest absolute Gasteiger partial charge is 0.497 e. The maximum Gasteiger partial charge on any atom is 0.256 e. The molecule has 5 heteroatoms. The van der Waals surface area contributed by atoms with E-state index in [1.54, 1.807) is 43.5 Å². The number of nitrogen functional groups attached to an aromatic ring is 1. The summed E-state index contributed by atoms with van der Waals surface area (Å²) in [6.45, 7) is 1.81. The Balaban J connectivity index is 2.29. The number of hydrogen-bond acceptors (Lipinski definition) is 4. The fourth-order valence-corrected chi connectivity index (χ4v) is 1.99. The molecule has 1 amide bonds. The van der Waals surface area contributed by atoms with Gasteiger partial charge in [0.15, 0.2) is 0 Å². The molecule has 21 heavy (non-hydrogen) atoms. The maximum atomic E-state index is 12.4. The number of carbonyl (C=O) groups is 1. The van der Waals surface area contributed by atoms with Crippen LogP contribution in [-0.4, -0.2) is 20.1 Å². The molecular weight excluding hydrogens is 268 g/mol. The second-order valence-electron chi connectivity index (χ2n) is 4.54. The number of benzene rings is 2. The van der Waals surface area contributed by atoms with Gasteiger partial charge < -0.3 is 20.5 Å². The third-order valence-electron chi connectivity index (χ3n) is 3.28. The van der Waals surface area contributed by atoms with Crippen LogP contribution in [0.3, 0.4) is 0 Å². The Morgan fingerprint density at radius 1 is 1.14 bits per heavy atom. The zero-order valence-electron chi connectivity index (χ0n) is 12.3. The molecule has 110 valence electrons. The van der Waals surface area contributed by atoms with E-state index in [4.69, 9.17) is 15.2 Å². The Kier molecular flexibility index (Phi) is 4.33. The molecule has 0 aromatic heterocycles. The van der Waals surface area contributed by atoms with E-state index in [1.807, 2.05) is 6.92 Å². The molecule has 0 spiro atoms. The molecule has 2 aromatic carbocycles. The SMILES string of the molecule is COc1ccc(NC(=O)c2cccc(N)c2C)c(OC)c1. The first-order valence-electron chi connectivity index (χ1n) is 6.45. The summed E-state index contributed by atoms with van der Waals surface area (Å²) < 4.78 is 10.4. The van der Waals surface area contributed by atoms with Gasteiger partial charge in [0, 0.05) is 17.3 Å². The monoisotopic (exact) mass is 286 g/mol. The molecule has 0 saturated carbocycles. The first-order valence-corrected chi connectivity index (χ1v) is 6.45. The zero-order chi connectivity index (χ0) is 15.4. The van der Waals surface area contributed by atoms with Gasteiger partial charge in [-0.2, -0.15) is 0 Å².